The second-order valence-electron chi connectivity index (χ2n) is 5.68. The second kappa shape index (κ2) is 4.95. The van der Waals surface area contributed by atoms with Gasteiger partial charge in [-0.25, -0.2) is 4.98 Å². The van der Waals surface area contributed by atoms with Crippen molar-refractivity contribution in [2.24, 2.45) is 0 Å². The average Bonchev–Trinajstić information content (AvgIpc) is 2.57. The van der Waals surface area contributed by atoms with Crippen LogP contribution in [0, 0.1) is 6.92 Å². The Morgan fingerprint density at radius 1 is 0.870 bits per heavy atom. The molecular weight excluding hydrogens is 284 g/mol. The fraction of sp³-hybridized carbons (Fsp3) is 0.0526. The van der Waals surface area contributed by atoms with Crippen molar-refractivity contribution in [3.05, 3.63) is 66.2 Å². The first kappa shape index (κ1) is 13.5. The van der Waals surface area contributed by atoms with E-state index in [2.05, 4.69) is 16.7 Å². The van der Waals surface area contributed by atoms with E-state index in [1.807, 2.05) is 55.5 Å². The van der Waals surface area contributed by atoms with Gasteiger partial charge in [-0.15, -0.1) is 4.57 Å². The first-order valence-corrected chi connectivity index (χ1v) is 7.50. The van der Waals surface area contributed by atoms with Crippen LogP contribution < -0.4 is 16.0 Å². The van der Waals surface area contributed by atoms with Crippen molar-refractivity contribution in [3.8, 4) is 5.69 Å². The fourth-order valence-corrected chi connectivity index (χ4v) is 2.98. The monoisotopic (exact) mass is 301 g/mol. The highest BCUT2D eigenvalue weighted by Crippen LogP contribution is 2.24. The van der Waals surface area contributed by atoms with Crippen LogP contribution in [0.15, 0.2) is 60.7 Å². The Hall–Kier alpha value is -3.14. The van der Waals surface area contributed by atoms with Crippen LogP contribution in [0.2, 0.25) is 0 Å². The second-order valence-corrected chi connectivity index (χ2v) is 5.68. The van der Waals surface area contributed by atoms with E-state index < -0.39 is 0 Å². The molecule has 23 heavy (non-hydrogen) atoms. The lowest BCUT2D eigenvalue weighted by Crippen LogP contribution is -2.34. The molecule has 0 aliphatic heterocycles. The van der Waals surface area contributed by atoms with Gasteiger partial charge in [-0.1, -0.05) is 18.2 Å². The lowest BCUT2D eigenvalue weighted by atomic mass is 10.1. The summed E-state index contributed by atoms with van der Waals surface area (Å²) in [6.45, 7) is 2.02. The summed E-state index contributed by atoms with van der Waals surface area (Å²) in [7, 11) is 0. The molecule has 0 amide bonds. The van der Waals surface area contributed by atoms with Crippen LogP contribution in [0.4, 0.5) is 11.4 Å². The van der Waals surface area contributed by atoms with E-state index in [0.717, 1.165) is 39.0 Å². The molecule has 3 aromatic carbocycles. The Bertz CT molecular complexity index is 1040. The maximum atomic E-state index is 6.14. The zero-order valence-electron chi connectivity index (χ0n) is 12.8. The van der Waals surface area contributed by atoms with Crippen molar-refractivity contribution in [2.75, 3.05) is 11.5 Å². The van der Waals surface area contributed by atoms with Crippen molar-refractivity contribution in [1.29, 1.82) is 0 Å². The number of nitrogen functional groups attached to an aromatic ring is 2. The number of nitrogens with zero attached hydrogens (tertiary/aromatic N) is 2. The van der Waals surface area contributed by atoms with E-state index >= 15 is 0 Å². The molecule has 112 valence electrons. The molecule has 0 fully saturated rings. The van der Waals surface area contributed by atoms with Gasteiger partial charge >= 0.3 is 0 Å². The van der Waals surface area contributed by atoms with Crippen LogP contribution in [-0.4, -0.2) is 4.98 Å². The highest BCUT2D eigenvalue weighted by molar-refractivity contribution is 5.87. The van der Waals surface area contributed by atoms with Crippen LogP contribution in [0.25, 0.3) is 27.8 Å². The number of aromatic nitrogens is 2. The molecule has 0 aliphatic rings. The van der Waals surface area contributed by atoms with Gasteiger partial charge in [-0.2, -0.15) is 0 Å². The molecule has 0 atom stereocenters. The predicted octanol–water partition coefficient (Wildman–Crippen LogP) is 3.14. The molecule has 4 N–H and O–H groups in total. The lowest BCUT2D eigenvalue weighted by Gasteiger charge is -2.08. The lowest BCUT2D eigenvalue weighted by molar-refractivity contribution is -0.538. The Balaban J connectivity index is 2.29. The van der Waals surface area contributed by atoms with Crippen LogP contribution in [-0.2, 0) is 0 Å². The molecule has 0 bridgehead atoms. The minimum Gasteiger partial charge on any atom is -0.399 e. The van der Waals surface area contributed by atoms with Gasteiger partial charge in [0.15, 0.2) is 0 Å². The number of benzene rings is 3. The molecule has 0 spiro atoms. The Kier molecular flexibility index (Phi) is 2.91. The third kappa shape index (κ3) is 2.07. The van der Waals surface area contributed by atoms with Crippen LogP contribution in [0.5, 0.6) is 0 Å². The third-order valence-electron chi connectivity index (χ3n) is 4.17. The maximum absolute atomic E-state index is 6.14. The van der Waals surface area contributed by atoms with Gasteiger partial charge in [-0.05, 0) is 31.2 Å². The number of hydrogen-bond acceptors (Lipinski definition) is 3. The zero-order valence-corrected chi connectivity index (χ0v) is 12.8. The number of para-hydroxylation sites is 1. The van der Waals surface area contributed by atoms with Crippen molar-refractivity contribution in [2.45, 2.75) is 6.92 Å². The van der Waals surface area contributed by atoms with E-state index in [4.69, 9.17) is 16.5 Å². The summed E-state index contributed by atoms with van der Waals surface area (Å²) in [5.41, 5.74) is 19.5. The molecule has 0 saturated carbocycles. The topological polar surface area (TPSA) is 68.8 Å². The summed E-state index contributed by atoms with van der Waals surface area (Å²) in [6, 6.07) is 19.9. The summed E-state index contributed by atoms with van der Waals surface area (Å²) < 4.78 is 2.18. The van der Waals surface area contributed by atoms with Gasteiger partial charge in [0.05, 0.1) is 0 Å². The summed E-state index contributed by atoms with van der Waals surface area (Å²) >= 11 is 0. The SMILES string of the molecule is Cc1c(N)ccc2nc3ccc(N)cc3[n+](-c3ccccc3)c12. The van der Waals surface area contributed by atoms with Gasteiger partial charge in [0.2, 0.25) is 16.7 Å². The number of nitrogens with two attached hydrogens (primary N) is 2. The number of hydrogen-bond donors (Lipinski definition) is 2. The van der Waals surface area contributed by atoms with E-state index in [1.165, 1.54) is 0 Å². The summed E-state index contributed by atoms with van der Waals surface area (Å²) in [4.78, 5) is 4.77. The molecule has 0 radical (unpaired) electrons. The number of fused-ring (bicyclic) bond motifs is 2. The maximum Gasteiger partial charge on any atom is 0.242 e. The molecule has 1 heterocycles. The van der Waals surface area contributed by atoms with E-state index in [9.17, 15) is 0 Å². The smallest absolute Gasteiger partial charge is 0.242 e. The minimum absolute atomic E-state index is 0.713. The van der Waals surface area contributed by atoms with Crippen LogP contribution in [0.1, 0.15) is 5.56 Å². The first-order chi connectivity index (χ1) is 11.1. The van der Waals surface area contributed by atoms with Crippen LogP contribution >= 0.6 is 0 Å². The van der Waals surface area contributed by atoms with Crippen molar-refractivity contribution in [3.63, 3.8) is 0 Å². The largest absolute Gasteiger partial charge is 0.399 e. The molecule has 4 aromatic rings. The normalized spacial score (nSPS) is 11.2. The molecule has 4 rings (SSSR count). The van der Waals surface area contributed by atoms with Gasteiger partial charge in [-0.3, -0.25) is 0 Å². The van der Waals surface area contributed by atoms with Gasteiger partial charge in [0.1, 0.15) is 11.0 Å². The van der Waals surface area contributed by atoms with Gasteiger partial charge in [0.25, 0.3) is 0 Å². The number of anilines is 2. The molecular formula is C19H17N4+. The molecule has 1 aromatic heterocycles. The minimum atomic E-state index is 0.713. The fourth-order valence-electron chi connectivity index (χ4n) is 2.98. The molecule has 4 heteroatoms. The first-order valence-electron chi connectivity index (χ1n) is 7.50. The zero-order chi connectivity index (χ0) is 16.0. The molecule has 4 nitrogen and oxygen atoms in total. The average molecular weight is 301 g/mol. The van der Waals surface area contributed by atoms with E-state index in [-0.39, 0.29) is 0 Å². The molecule has 0 aliphatic carbocycles. The van der Waals surface area contributed by atoms with Crippen molar-refractivity contribution < 1.29 is 4.57 Å². The van der Waals surface area contributed by atoms with Gasteiger partial charge < -0.3 is 11.5 Å². The van der Waals surface area contributed by atoms with Crippen molar-refractivity contribution in [1.82, 2.24) is 4.98 Å². The summed E-state index contributed by atoms with van der Waals surface area (Å²) in [5, 5.41) is 0. The standard InChI is InChI=1S/C19H16N4/c1-12-15(21)8-10-17-19(12)23(14-5-3-2-4-6-14)18-11-13(20)7-9-16(18)22-17/h2-11H,1H3,(H3,20,21)/p+1. The van der Waals surface area contributed by atoms with Gasteiger partial charge in [0, 0.05) is 35.1 Å². The quantitative estimate of drug-likeness (QED) is 0.322. The van der Waals surface area contributed by atoms with Crippen molar-refractivity contribution >= 4 is 33.4 Å². The highest BCUT2D eigenvalue weighted by atomic mass is 15.0. The Labute approximate surface area is 134 Å². The molecule has 0 saturated heterocycles. The number of rotatable bonds is 1. The third-order valence-corrected chi connectivity index (χ3v) is 4.17. The Morgan fingerprint density at radius 2 is 1.61 bits per heavy atom. The van der Waals surface area contributed by atoms with E-state index in [1.54, 1.807) is 0 Å². The molecule has 0 unspecified atom stereocenters. The predicted molar refractivity (Wildman–Crippen MR) is 94.3 cm³/mol. The van der Waals surface area contributed by atoms with E-state index in [0.29, 0.717) is 5.69 Å². The Morgan fingerprint density at radius 3 is 2.39 bits per heavy atom. The van der Waals surface area contributed by atoms with Crippen LogP contribution in [0.3, 0.4) is 0 Å². The number of aryl methyl sites for hydroxylation is 1. The highest BCUT2D eigenvalue weighted by Gasteiger charge is 2.22. The summed E-state index contributed by atoms with van der Waals surface area (Å²) in [6.07, 6.45) is 0. The summed E-state index contributed by atoms with van der Waals surface area (Å²) in [5.74, 6) is 0.